The number of hydrogen-bond acceptors (Lipinski definition) is 4. The maximum absolute atomic E-state index is 13.1. The van der Waals surface area contributed by atoms with Gasteiger partial charge in [0.2, 0.25) is 0 Å². The fourth-order valence-corrected chi connectivity index (χ4v) is 2.74. The average molecular weight is 303 g/mol. The van der Waals surface area contributed by atoms with E-state index >= 15 is 0 Å². The zero-order chi connectivity index (χ0) is 15.5. The van der Waals surface area contributed by atoms with Gasteiger partial charge in [-0.1, -0.05) is 12.1 Å². The summed E-state index contributed by atoms with van der Waals surface area (Å²) in [5.74, 6) is 0.334. The first-order chi connectivity index (χ1) is 10.7. The minimum Gasteiger partial charge on any atom is -0.492 e. The zero-order valence-electron chi connectivity index (χ0n) is 12.3. The Balaban J connectivity index is 1.72. The van der Waals surface area contributed by atoms with E-state index < -0.39 is 0 Å². The Bertz CT molecular complexity index is 639. The van der Waals surface area contributed by atoms with Gasteiger partial charge in [-0.25, -0.2) is 9.18 Å². The number of benzene rings is 1. The van der Waals surface area contributed by atoms with Crippen LogP contribution in [-0.2, 0) is 11.3 Å². The molecule has 1 unspecified atom stereocenters. The lowest BCUT2D eigenvalue weighted by Crippen LogP contribution is -2.38. The van der Waals surface area contributed by atoms with Gasteiger partial charge in [-0.15, -0.1) is 0 Å². The van der Waals surface area contributed by atoms with Crippen LogP contribution in [0.4, 0.5) is 4.39 Å². The summed E-state index contributed by atoms with van der Waals surface area (Å²) in [4.78, 5) is 11.6. The molecule has 0 radical (unpaired) electrons. The molecule has 1 aromatic carbocycles. The molecule has 1 aromatic rings. The van der Waals surface area contributed by atoms with Crippen molar-refractivity contribution in [3.8, 4) is 5.75 Å². The molecular formula is C17H18FNO3. The molecule has 2 aliphatic rings. The van der Waals surface area contributed by atoms with E-state index in [1.807, 2.05) is 12.1 Å². The Morgan fingerprint density at radius 1 is 1.45 bits per heavy atom. The first-order valence-corrected chi connectivity index (χ1v) is 7.28. The Morgan fingerprint density at radius 2 is 2.32 bits per heavy atom. The van der Waals surface area contributed by atoms with E-state index in [0.29, 0.717) is 30.9 Å². The molecule has 1 N–H and O–H groups in total. The Hall–Kier alpha value is -2.14. The molecule has 0 saturated heterocycles. The first kappa shape index (κ1) is 14.8. The third-order valence-corrected chi connectivity index (χ3v) is 4.07. The summed E-state index contributed by atoms with van der Waals surface area (Å²) < 4.78 is 23.6. The molecule has 22 heavy (non-hydrogen) atoms. The molecule has 0 amide bonds. The second-order valence-corrected chi connectivity index (χ2v) is 5.46. The van der Waals surface area contributed by atoms with Crippen molar-refractivity contribution in [3.05, 3.63) is 53.4 Å². The summed E-state index contributed by atoms with van der Waals surface area (Å²) in [6, 6.07) is 5.42. The van der Waals surface area contributed by atoms with Gasteiger partial charge in [0.05, 0.1) is 12.7 Å². The second kappa shape index (κ2) is 6.32. The number of hydrogen-bond donors (Lipinski definition) is 1. The van der Waals surface area contributed by atoms with E-state index in [1.54, 1.807) is 18.2 Å². The maximum Gasteiger partial charge on any atom is 0.337 e. The fraction of sp³-hybridized carbons (Fsp3) is 0.353. The van der Waals surface area contributed by atoms with E-state index in [-0.39, 0.29) is 23.8 Å². The van der Waals surface area contributed by atoms with Crippen LogP contribution in [0.3, 0.4) is 0 Å². The molecule has 0 aromatic heterocycles. The number of rotatable bonds is 2. The highest BCUT2D eigenvalue weighted by molar-refractivity contribution is 5.89. The molecule has 1 aliphatic heterocycles. The Morgan fingerprint density at radius 3 is 3.05 bits per heavy atom. The average Bonchev–Trinajstić information content (AvgIpc) is 2.77. The topological polar surface area (TPSA) is 47.6 Å². The van der Waals surface area contributed by atoms with Crippen LogP contribution in [0.1, 0.15) is 22.3 Å². The number of allylic oxidation sites excluding steroid dienone is 3. The molecule has 1 aliphatic carbocycles. The van der Waals surface area contributed by atoms with Crippen molar-refractivity contribution in [1.82, 2.24) is 5.32 Å². The molecule has 1 heterocycles. The van der Waals surface area contributed by atoms with Gasteiger partial charge in [-0.05, 0) is 36.6 Å². The molecule has 0 fully saturated rings. The van der Waals surface area contributed by atoms with Gasteiger partial charge >= 0.3 is 5.97 Å². The van der Waals surface area contributed by atoms with Crippen LogP contribution >= 0.6 is 0 Å². The highest BCUT2D eigenvalue weighted by Gasteiger charge is 2.24. The van der Waals surface area contributed by atoms with Crippen LogP contribution in [0, 0.1) is 5.92 Å². The summed E-state index contributed by atoms with van der Waals surface area (Å²) >= 11 is 0. The van der Waals surface area contributed by atoms with Crippen molar-refractivity contribution in [2.75, 3.05) is 13.7 Å². The van der Waals surface area contributed by atoms with Gasteiger partial charge < -0.3 is 14.8 Å². The standard InChI is InChI=1S/C17H18FNO3/c1-21-17(20)12-2-3-13-9-19-15(10-22-16(13)8-12)11-4-6-14(18)7-5-11/h2-4,6-8,11,15,19H,5,9-10H2,1H3/t11?,15-/m1/s1. The van der Waals surface area contributed by atoms with Gasteiger partial charge in [0.1, 0.15) is 18.2 Å². The zero-order valence-corrected chi connectivity index (χ0v) is 12.3. The number of methoxy groups -OCH3 is 1. The largest absolute Gasteiger partial charge is 0.492 e. The van der Waals surface area contributed by atoms with E-state index in [1.165, 1.54) is 13.2 Å². The smallest absolute Gasteiger partial charge is 0.337 e. The molecule has 0 bridgehead atoms. The van der Waals surface area contributed by atoms with E-state index in [9.17, 15) is 9.18 Å². The lowest BCUT2D eigenvalue weighted by molar-refractivity contribution is 0.0600. The normalized spacial score (nSPS) is 23.8. The van der Waals surface area contributed by atoms with Gasteiger partial charge in [0.25, 0.3) is 0 Å². The lowest BCUT2D eigenvalue weighted by Gasteiger charge is -2.24. The van der Waals surface area contributed by atoms with Crippen molar-refractivity contribution < 1.29 is 18.7 Å². The Labute approximate surface area is 128 Å². The van der Waals surface area contributed by atoms with E-state index in [4.69, 9.17) is 9.47 Å². The summed E-state index contributed by atoms with van der Waals surface area (Å²) in [6.07, 6.45) is 5.64. The van der Waals surface area contributed by atoms with Crippen molar-refractivity contribution in [3.63, 3.8) is 0 Å². The van der Waals surface area contributed by atoms with Crippen molar-refractivity contribution >= 4 is 5.97 Å². The van der Waals surface area contributed by atoms with Gasteiger partial charge in [-0.3, -0.25) is 0 Å². The molecule has 0 spiro atoms. The third-order valence-electron chi connectivity index (χ3n) is 4.07. The summed E-state index contributed by atoms with van der Waals surface area (Å²) in [5.41, 5.74) is 1.47. The number of fused-ring (bicyclic) bond motifs is 1. The lowest BCUT2D eigenvalue weighted by atomic mass is 9.93. The fourth-order valence-electron chi connectivity index (χ4n) is 2.74. The predicted molar refractivity (Wildman–Crippen MR) is 80.3 cm³/mol. The monoisotopic (exact) mass is 303 g/mol. The van der Waals surface area contributed by atoms with Crippen molar-refractivity contribution in [2.45, 2.75) is 19.0 Å². The molecule has 5 heteroatoms. The van der Waals surface area contributed by atoms with Crippen LogP contribution in [0.2, 0.25) is 0 Å². The molecule has 116 valence electrons. The quantitative estimate of drug-likeness (QED) is 0.854. The predicted octanol–water partition coefficient (Wildman–Crippen LogP) is 2.75. The minimum absolute atomic E-state index is 0.106. The maximum atomic E-state index is 13.1. The summed E-state index contributed by atoms with van der Waals surface area (Å²) in [7, 11) is 1.36. The van der Waals surface area contributed by atoms with Crippen molar-refractivity contribution in [2.24, 2.45) is 5.92 Å². The molecule has 0 saturated carbocycles. The van der Waals surface area contributed by atoms with Crippen LogP contribution in [0.25, 0.3) is 0 Å². The van der Waals surface area contributed by atoms with Gasteiger partial charge in [-0.2, -0.15) is 0 Å². The number of esters is 1. The van der Waals surface area contributed by atoms with Crippen LogP contribution in [-0.4, -0.2) is 25.7 Å². The molecule has 4 nitrogen and oxygen atoms in total. The second-order valence-electron chi connectivity index (χ2n) is 5.46. The highest BCUT2D eigenvalue weighted by atomic mass is 19.1. The summed E-state index contributed by atoms with van der Waals surface area (Å²) in [6.45, 7) is 1.13. The van der Waals surface area contributed by atoms with Crippen LogP contribution < -0.4 is 10.1 Å². The molecular weight excluding hydrogens is 285 g/mol. The number of ether oxygens (including phenoxy) is 2. The van der Waals surface area contributed by atoms with Crippen LogP contribution in [0.15, 0.2) is 42.3 Å². The van der Waals surface area contributed by atoms with E-state index in [0.717, 1.165) is 5.56 Å². The third kappa shape index (κ3) is 3.04. The SMILES string of the molecule is COC(=O)c1ccc2c(c1)OC[C@H](C1C=CC(F)=CC1)NC2. The van der Waals surface area contributed by atoms with Crippen molar-refractivity contribution in [1.29, 1.82) is 0 Å². The number of carbonyl (C=O) groups excluding carboxylic acids is 1. The van der Waals surface area contributed by atoms with Gasteiger partial charge in [0, 0.05) is 18.2 Å². The van der Waals surface area contributed by atoms with Crippen LogP contribution in [0.5, 0.6) is 5.75 Å². The molecule has 2 atom stereocenters. The number of nitrogens with one attached hydrogen (secondary N) is 1. The molecule has 3 rings (SSSR count). The number of carbonyl (C=O) groups is 1. The highest BCUT2D eigenvalue weighted by Crippen LogP contribution is 2.27. The first-order valence-electron chi connectivity index (χ1n) is 7.28. The minimum atomic E-state index is -0.379. The Kier molecular flexibility index (Phi) is 4.24. The number of halogens is 1. The van der Waals surface area contributed by atoms with E-state index in [2.05, 4.69) is 5.32 Å². The summed E-state index contributed by atoms with van der Waals surface area (Å²) in [5, 5.41) is 3.44. The van der Waals surface area contributed by atoms with Gasteiger partial charge in [0.15, 0.2) is 0 Å².